The van der Waals surface area contributed by atoms with E-state index in [1.807, 2.05) is 6.07 Å². The lowest BCUT2D eigenvalue weighted by Crippen LogP contribution is -2.43. The second-order valence-corrected chi connectivity index (χ2v) is 10.0. The van der Waals surface area contributed by atoms with Crippen molar-refractivity contribution < 1.29 is 17.6 Å². The number of halogens is 1. The van der Waals surface area contributed by atoms with Crippen LogP contribution < -0.4 is 5.32 Å². The molecule has 1 aromatic heterocycles. The molecule has 3 aromatic rings. The molecule has 1 aliphatic heterocycles. The van der Waals surface area contributed by atoms with Crippen LogP contribution in [0, 0.1) is 30.0 Å². The number of sulfonamides is 1. The molecule has 4 rings (SSSR count). The SMILES string of the molecule is Cc1nccn1-c1ccc(CNC(=O)C2CCN(S(=O)(=O)c3ccccc3C#N)CC2)cc1F. The number of piperidine rings is 1. The van der Waals surface area contributed by atoms with Crippen LogP contribution in [-0.4, -0.2) is 41.3 Å². The molecule has 0 bridgehead atoms. The molecule has 2 aromatic carbocycles. The summed E-state index contributed by atoms with van der Waals surface area (Å²) in [4.78, 5) is 16.7. The predicted octanol–water partition coefficient (Wildman–Crippen LogP) is 2.91. The minimum atomic E-state index is -3.81. The van der Waals surface area contributed by atoms with Crippen LogP contribution in [0.1, 0.15) is 29.8 Å². The number of amides is 1. The van der Waals surface area contributed by atoms with E-state index in [1.54, 1.807) is 48.1 Å². The number of aromatic nitrogens is 2. The zero-order chi connectivity index (χ0) is 24.3. The van der Waals surface area contributed by atoms with Crippen molar-refractivity contribution in [1.29, 1.82) is 5.26 Å². The number of nitrogens with one attached hydrogen (secondary N) is 1. The van der Waals surface area contributed by atoms with E-state index in [9.17, 15) is 22.9 Å². The van der Waals surface area contributed by atoms with Crippen molar-refractivity contribution in [2.75, 3.05) is 13.1 Å². The summed E-state index contributed by atoms with van der Waals surface area (Å²) in [6, 6.07) is 12.8. The summed E-state index contributed by atoms with van der Waals surface area (Å²) in [5.74, 6) is -0.270. The monoisotopic (exact) mass is 481 g/mol. The maximum Gasteiger partial charge on any atom is 0.244 e. The molecule has 1 saturated heterocycles. The zero-order valence-electron chi connectivity index (χ0n) is 18.6. The highest BCUT2D eigenvalue weighted by Gasteiger charge is 2.33. The van der Waals surface area contributed by atoms with E-state index >= 15 is 0 Å². The number of hydrogen-bond acceptors (Lipinski definition) is 5. The lowest BCUT2D eigenvalue weighted by molar-refractivity contribution is -0.126. The van der Waals surface area contributed by atoms with Crippen molar-refractivity contribution >= 4 is 15.9 Å². The Morgan fingerprint density at radius 1 is 1.24 bits per heavy atom. The maximum atomic E-state index is 14.6. The van der Waals surface area contributed by atoms with Crippen molar-refractivity contribution in [1.82, 2.24) is 19.2 Å². The van der Waals surface area contributed by atoms with Crippen molar-refractivity contribution in [2.45, 2.75) is 31.2 Å². The molecule has 34 heavy (non-hydrogen) atoms. The number of aryl methyl sites for hydroxylation is 1. The molecular formula is C24H24FN5O3S. The molecule has 0 spiro atoms. The average molecular weight is 482 g/mol. The van der Waals surface area contributed by atoms with E-state index in [-0.39, 0.29) is 41.9 Å². The second kappa shape index (κ2) is 9.75. The third-order valence-corrected chi connectivity index (χ3v) is 7.97. The molecule has 10 heteroatoms. The molecule has 2 heterocycles. The van der Waals surface area contributed by atoms with Gasteiger partial charge in [0.25, 0.3) is 0 Å². The van der Waals surface area contributed by atoms with E-state index in [4.69, 9.17) is 0 Å². The van der Waals surface area contributed by atoms with Gasteiger partial charge in [-0.1, -0.05) is 18.2 Å². The molecule has 1 amide bonds. The van der Waals surface area contributed by atoms with Gasteiger partial charge >= 0.3 is 0 Å². The molecule has 0 saturated carbocycles. The molecule has 176 valence electrons. The number of rotatable bonds is 6. The van der Waals surface area contributed by atoms with Crippen LogP contribution in [0.15, 0.2) is 59.8 Å². The van der Waals surface area contributed by atoms with Gasteiger partial charge in [0.1, 0.15) is 17.7 Å². The Labute approximate surface area is 197 Å². The van der Waals surface area contributed by atoms with Gasteiger partial charge in [-0.05, 0) is 49.6 Å². The Balaban J connectivity index is 1.34. The summed E-state index contributed by atoms with van der Waals surface area (Å²) >= 11 is 0. The smallest absolute Gasteiger partial charge is 0.244 e. The summed E-state index contributed by atoms with van der Waals surface area (Å²) < 4.78 is 43.4. The lowest BCUT2D eigenvalue weighted by atomic mass is 9.97. The number of carbonyl (C=O) groups is 1. The Kier molecular flexibility index (Phi) is 6.77. The van der Waals surface area contributed by atoms with Crippen LogP contribution in [0.5, 0.6) is 0 Å². The average Bonchev–Trinajstić information content (AvgIpc) is 3.28. The highest BCUT2D eigenvalue weighted by Crippen LogP contribution is 2.26. The fraction of sp³-hybridized carbons (Fsp3) is 0.292. The van der Waals surface area contributed by atoms with Crippen molar-refractivity contribution in [2.24, 2.45) is 5.92 Å². The molecule has 0 atom stereocenters. The van der Waals surface area contributed by atoms with Crippen LogP contribution in [0.2, 0.25) is 0 Å². The van der Waals surface area contributed by atoms with E-state index in [1.165, 1.54) is 22.5 Å². The number of nitriles is 1. The quantitative estimate of drug-likeness (QED) is 0.582. The van der Waals surface area contributed by atoms with Gasteiger partial charge in [-0.15, -0.1) is 0 Å². The second-order valence-electron chi connectivity index (χ2n) is 8.13. The largest absolute Gasteiger partial charge is 0.352 e. The third kappa shape index (κ3) is 4.71. The number of imidazole rings is 1. The van der Waals surface area contributed by atoms with Crippen molar-refractivity contribution in [3.05, 3.63) is 77.6 Å². The Hall–Kier alpha value is -3.55. The normalized spacial score (nSPS) is 15.1. The molecule has 1 aliphatic rings. The Morgan fingerprint density at radius 3 is 2.62 bits per heavy atom. The van der Waals surface area contributed by atoms with Gasteiger partial charge in [0, 0.05) is 37.9 Å². The summed E-state index contributed by atoms with van der Waals surface area (Å²) in [5.41, 5.74) is 1.11. The van der Waals surface area contributed by atoms with Gasteiger partial charge in [0.2, 0.25) is 15.9 Å². The minimum absolute atomic E-state index is 0.0169. The summed E-state index contributed by atoms with van der Waals surface area (Å²) in [6.07, 6.45) is 4.02. The van der Waals surface area contributed by atoms with Crippen LogP contribution in [0.3, 0.4) is 0 Å². The van der Waals surface area contributed by atoms with Crippen LogP contribution in [0.25, 0.3) is 5.69 Å². The highest BCUT2D eigenvalue weighted by molar-refractivity contribution is 7.89. The number of hydrogen-bond donors (Lipinski definition) is 1. The standard InChI is InChI=1S/C24H24FN5O3S/c1-17-27-10-13-30(17)22-7-6-18(14-21(22)25)16-28-24(31)19-8-11-29(12-9-19)34(32,33)23-5-3-2-4-20(23)15-26/h2-7,10,13-14,19H,8-9,11-12,16H2,1H3,(H,28,31). The van der Waals surface area contributed by atoms with E-state index in [0.717, 1.165) is 0 Å². The van der Waals surface area contributed by atoms with E-state index in [0.29, 0.717) is 29.9 Å². The van der Waals surface area contributed by atoms with Gasteiger partial charge < -0.3 is 9.88 Å². The first-order chi connectivity index (χ1) is 16.3. The molecule has 0 radical (unpaired) electrons. The van der Waals surface area contributed by atoms with Gasteiger partial charge in [0.05, 0.1) is 16.1 Å². The molecule has 1 N–H and O–H groups in total. The van der Waals surface area contributed by atoms with Gasteiger partial charge in [-0.25, -0.2) is 17.8 Å². The van der Waals surface area contributed by atoms with Gasteiger partial charge in [0.15, 0.2) is 0 Å². The number of carbonyl (C=O) groups excluding carboxylic acids is 1. The third-order valence-electron chi connectivity index (χ3n) is 6.01. The maximum absolute atomic E-state index is 14.6. The molecule has 0 aliphatic carbocycles. The first-order valence-corrected chi connectivity index (χ1v) is 12.3. The van der Waals surface area contributed by atoms with Crippen molar-refractivity contribution in [3.8, 4) is 11.8 Å². The summed E-state index contributed by atoms with van der Waals surface area (Å²) in [7, 11) is -3.81. The Bertz CT molecular complexity index is 1350. The topological polar surface area (TPSA) is 108 Å². The van der Waals surface area contributed by atoms with Gasteiger partial charge in [-0.2, -0.15) is 9.57 Å². The molecular weight excluding hydrogens is 457 g/mol. The van der Waals surface area contributed by atoms with Crippen LogP contribution in [-0.2, 0) is 21.4 Å². The van der Waals surface area contributed by atoms with Crippen LogP contribution >= 0.6 is 0 Å². The number of nitrogens with zero attached hydrogens (tertiary/aromatic N) is 4. The lowest BCUT2D eigenvalue weighted by Gasteiger charge is -2.30. The molecule has 1 fully saturated rings. The van der Waals surface area contributed by atoms with E-state index < -0.39 is 15.8 Å². The first-order valence-electron chi connectivity index (χ1n) is 10.9. The highest BCUT2D eigenvalue weighted by atomic mass is 32.2. The first kappa shape index (κ1) is 23.6. The molecule has 0 unspecified atom stereocenters. The number of benzene rings is 2. The summed E-state index contributed by atoms with van der Waals surface area (Å²) in [5, 5.41) is 12.1. The molecule has 8 nitrogen and oxygen atoms in total. The van der Waals surface area contributed by atoms with Gasteiger partial charge in [-0.3, -0.25) is 4.79 Å². The van der Waals surface area contributed by atoms with E-state index in [2.05, 4.69) is 10.3 Å². The van der Waals surface area contributed by atoms with Crippen LogP contribution in [0.4, 0.5) is 4.39 Å². The zero-order valence-corrected chi connectivity index (χ0v) is 19.4. The fourth-order valence-electron chi connectivity index (χ4n) is 4.10. The predicted molar refractivity (Wildman–Crippen MR) is 123 cm³/mol. The minimum Gasteiger partial charge on any atom is -0.352 e. The van der Waals surface area contributed by atoms with Crippen molar-refractivity contribution in [3.63, 3.8) is 0 Å². The fourth-order valence-corrected chi connectivity index (χ4v) is 5.72. The summed E-state index contributed by atoms with van der Waals surface area (Å²) in [6.45, 7) is 2.33. The Morgan fingerprint density at radius 2 is 1.97 bits per heavy atom.